The first-order valence-corrected chi connectivity index (χ1v) is 6.42. The van der Waals surface area contributed by atoms with E-state index in [-0.39, 0.29) is 0 Å². The van der Waals surface area contributed by atoms with E-state index >= 15 is 0 Å². The molecule has 0 saturated heterocycles. The van der Waals surface area contributed by atoms with Gasteiger partial charge in [0.1, 0.15) is 17.0 Å². The van der Waals surface area contributed by atoms with Gasteiger partial charge in [-0.1, -0.05) is 18.7 Å². The molecular weight excluding hydrogens is 250 g/mol. The van der Waals surface area contributed by atoms with Crippen molar-refractivity contribution in [1.29, 1.82) is 0 Å². The molecule has 0 fully saturated rings. The van der Waals surface area contributed by atoms with Crippen LogP contribution in [0.3, 0.4) is 0 Å². The van der Waals surface area contributed by atoms with E-state index in [2.05, 4.69) is 15.1 Å². The second-order valence-electron chi connectivity index (χ2n) is 3.70. The molecule has 0 atom stereocenters. The van der Waals surface area contributed by atoms with Crippen LogP contribution in [0.15, 0.2) is 28.6 Å². The van der Waals surface area contributed by atoms with Crippen molar-refractivity contribution in [2.24, 2.45) is 7.05 Å². The third kappa shape index (κ3) is 2.92. The first kappa shape index (κ1) is 12.7. The number of rotatable bonds is 5. The summed E-state index contributed by atoms with van der Waals surface area (Å²) in [5.74, 6) is 0.443. The Morgan fingerprint density at radius 3 is 2.94 bits per heavy atom. The largest absolute Gasteiger partial charge is 0.476 e. The predicted molar refractivity (Wildman–Crippen MR) is 69.6 cm³/mol. The molecule has 0 aliphatic carbocycles. The molecule has 2 aromatic rings. The number of anilines is 1. The van der Waals surface area contributed by atoms with Crippen LogP contribution < -0.4 is 10.5 Å². The van der Waals surface area contributed by atoms with Crippen LogP contribution in [0.2, 0.25) is 0 Å². The molecule has 0 bridgehead atoms. The van der Waals surface area contributed by atoms with Crippen LogP contribution in [-0.2, 0) is 7.05 Å². The Kier molecular flexibility index (Phi) is 4.03. The fourth-order valence-corrected chi connectivity index (χ4v) is 2.15. The molecule has 2 heterocycles. The molecule has 0 aliphatic heterocycles. The van der Waals surface area contributed by atoms with E-state index in [0.29, 0.717) is 23.2 Å². The van der Waals surface area contributed by atoms with Crippen molar-refractivity contribution >= 4 is 17.4 Å². The molecule has 0 aromatic carbocycles. The van der Waals surface area contributed by atoms with E-state index in [1.807, 2.05) is 20.2 Å². The summed E-state index contributed by atoms with van der Waals surface area (Å²) in [6.07, 6.45) is 6.03. The average molecular weight is 265 g/mol. The lowest BCUT2D eigenvalue weighted by Gasteiger charge is -2.08. The van der Waals surface area contributed by atoms with Gasteiger partial charge in [0.15, 0.2) is 0 Å². The number of ether oxygens (including phenoxy) is 1. The Morgan fingerprint density at radius 2 is 2.28 bits per heavy atom. The van der Waals surface area contributed by atoms with Gasteiger partial charge in [-0.2, -0.15) is 10.1 Å². The quantitative estimate of drug-likeness (QED) is 0.829. The van der Waals surface area contributed by atoms with Crippen molar-refractivity contribution in [3.05, 3.63) is 18.7 Å². The highest BCUT2D eigenvalue weighted by molar-refractivity contribution is 7.99. The van der Waals surface area contributed by atoms with E-state index in [1.165, 1.54) is 18.1 Å². The van der Waals surface area contributed by atoms with E-state index in [0.717, 1.165) is 11.3 Å². The van der Waals surface area contributed by atoms with Crippen LogP contribution >= 0.6 is 11.8 Å². The Balaban J connectivity index is 2.17. The van der Waals surface area contributed by atoms with Crippen LogP contribution in [0.5, 0.6) is 5.88 Å². The first-order chi connectivity index (χ1) is 8.70. The molecule has 0 radical (unpaired) electrons. The molecule has 2 aromatic heterocycles. The zero-order valence-corrected chi connectivity index (χ0v) is 11.1. The van der Waals surface area contributed by atoms with Crippen LogP contribution in [0, 0.1) is 0 Å². The Labute approximate surface area is 110 Å². The monoisotopic (exact) mass is 265 g/mol. The van der Waals surface area contributed by atoms with Crippen LogP contribution in [0.4, 0.5) is 5.69 Å². The predicted octanol–water partition coefficient (Wildman–Crippen LogP) is 1.73. The highest BCUT2D eigenvalue weighted by atomic mass is 32.2. The molecule has 0 aliphatic rings. The Hall–Kier alpha value is -1.76. The highest BCUT2D eigenvalue weighted by Crippen LogP contribution is 2.33. The van der Waals surface area contributed by atoms with Gasteiger partial charge in [-0.05, 0) is 6.42 Å². The van der Waals surface area contributed by atoms with Crippen molar-refractivity contribution in [2.75, 3.05) is 12.3 Å². The molecule has 2 rings (SSSR count). The van der Waals surface area contributed by atoms with Gasteiger partial charge in [-0.25, -0.2) is 4.98 Å². The van der Waals surface area contributed by atoms with Crippen molar-refractivity contribution in [1.82, 2.24) is 19.7 Å². The molecule has 7 heteroatoms. The summed E-state index contributed by atoms with van der Waals surface area (Å²) in [4.78, 5) is 9.17. The third-order valence-corrected chi connectivity index (χ3v) is 3.11. The molecule has 0 saturated carbocycles. The third-order valence-electron chi connectivity index (χ3n) is 2.15. The highest BCUT2D eigenvalue weighted by Gasteiger charge is 2.11. The summed E-state index contributed by atoms with van der Waals surface area (Å²) in [5.41, 5.74) is 6.45. The van der Waals surface area contributed by atoms with Crippen molar-refractivity contribution < 1.29 is 4.74 Å². The fraction of sp³-hybridized carbons (Fsp3) is 0.364. The van der Waals surface area contributed by atoms with Gasteiger partial charge >= 0.3 is 0 Å². The molecule has 6 nitrogen and oxygen atoms in total. The number of hydrogen-bond acceptors (Lipinski definition) is 6. The van der Waals surface area contributed by atoms with E-state index in [1.54, 1.807) is 10.9 Å². The number of nitrogens with zero attached hydrogens (tertiary/aromatic N) is 4. The van der Waals surface area contributed by atoms with Crippen LogP contribution in [-0.4, -0.2) is 26.4 Å². The minimum absolute atomic E-state index is 0.443. The minimum Gasteiger partial charge on any atom is -0.476 e. The molecule has 96 valence electrons. The van der Waals surface area contributed by atoms with E-state index in [4.69, 9.17) is 10.5 Å². The smallest absolute Gasteiger partial charge is 0.241 e. The van der Waals surface area contributed by atoms with Crippen LogP contribution in [0.25, 0.3) is 0 Å². The number of aromatic nitrogens is 4. The maximum absolute atomic E-state index is 5.98. The second kappa shape index (κ2) is 5.72. The standard InChI is InChI=1S/C11H15N5OS/c1-3-4-17-10-9(12)11(14-7-13-10)18-8-5-15-16(2)6-8/h5-7H,3-4,12H2,1-2H3. The summed E-state index contributed by atoms with van der Waals surface area (Å²) in [5, 5.41) is 4.78. The van der Waals surface area contributed by atoms with Gasteiger partial charge in [-0.15, -0.1) is 0 Å². The molecule has 2 N–H and O–H groups in total. The summed E-state index contributed by atoms with van der Waals surface area (Å²) in [6.45, 7) is 2.63. The van der Waals surface area contributed by atoms with Gasteiger partial charge in [0.2, 0.25) is 5.88 Å². The van der Waals surface area contributed by atoms with Crippen molar-refractivity contribution in [3.63, 3.8) is 0 Å². The summed E-state index contributed by atoms with van der Waals surface area (Å²) in [6, 6.07) is 0. The van der Waals surface area contributed by atoms with Crippen molar-refractivity contribution in [3.8, 4) is 5.88 Å². The lowest BCUT2D eigenvalue weighted by molar-refractivity contribution is 0.305. The Bertz CT molecular complexity index is 528. The summed E-state index contributed by atoms with van der Waals surface area (Å²) >= 11 is 1.44. The molecule has 0 spiro atoms. The lowest BCUT2D eigenvalue weighted by atomic mass is 10.5. The van der Waals surface area contributed by atoms with Crippen molar-refractivity contribution in [2.45, 2.75) is 23.3 Å². The molecular formula is C11H15N5OS. The van der Waals surface area contributed by atoms with Gasteiger partial charge < -0.3 is 10.5 Å². The SMILES string of the molecule is CCCOc1ncnc(Sc2cnn(C)c2)c1N. The van der Waals surface area contributed by atoms with Crippen LogP contribution in [0.1, 0.15) is 13.3 Å². The first-order valence-electron chi connectivity index (χ1n) is 5.60. The van der Waals surface area contributed by atoms with E-state index in [9.17, 15) is 0 Å². The Morgan fingerprint density at radius 1 is 1.44 bits per heavy atom. The molecule has 0 amide bonds. The minimum atomic E-state index is 0.443. The van der Waals surface area contributed by atoms with Gasteiger partial charge in [0.25, 0.3) is 0 Å². The molecule has 0 unspecified atom stereocenters. The van der Waals surface area contributed by atoms with E-state index < -0.39 is 0 Å². The lowest BCUT2D eigenvalue weighted by Crippen LogP contribution is -2.03. The van der Waals surface area contributed by atoms with Gasteiger partial charge in [0.05, 0.1) is 17.7 Å². The maximum atomic E-state index is 5.98. The molecule has 18 heavy (non-hydrogen) atoms. The number of nitrogens with two attached hydrogens (primary N) is 1. The number of hydrogen-bond donors (Lipinski definition) is 1. The normalized spacial score (nSPS) is 10.6. The zero-order valence-electron chi connectivity index (χ0n) is 10.3. The zero-order chi connectivity index (χ0) is 13.0. The topological polar surface area (TPSA) is 78.9 Å². The van der Waals surface area contributed by atoms with Gasteiger partial charge in [0, 0.05) is 13.2 Å². The van der Waals surface area contributed by atoms with Gasteiger partial charge in [-0.3, -0.25) is 4.68 Å². The maximum Gasteiger partial charge on any atom is 0.241 e. The number of nitrogen functional groups attached to an aromatic ring is 1. The fourth-order valence-electron chi connectivity index (χ4n) is 1.32. The number of aryl methyl sites for hydroxylation is 1. The summed E-state index contributed by atoms with van der Waals surface area (Å²) in [7, 11) is 1.86. The summed E-state index contributed by atoms with van der Waals surface area (Å²) < 4.78 is 7.19. The second-order valence-corrected chi connectivity index (χ2v) is 4.76. The average Bonchev–Trinajstić information content (AvgIpc) is 2.76.